The summed E-state index contributed by atoms with van der Waals surface area (Å²) in [6, 6.07) is 14.5. The Balaban J connectivity index is 1.65. The number of benzene rings is 2. The zero-order valence-corrected chi connectivity index (χ0v) is 17.5. The first kappa shape index (κ1) is 20.1. The smallest absolute Gasteiger partial charge is 0.162 e. The maximum atomic E-state index is 5.59. The molecule has 5 heteroatoms. The highest BCUT2D eigenvalue weighted by atomic mass is 15.0. The van der Waals surface area contributed by atoms with Gasteiger partial charge in [-0.2, -0.15) is 0 Å². The van der Waals surface area contributed by atoms with E-state index in [1.54, 1.807) is 0 Å². The predicted molar refractivity (Wildman–Crippen MR) is 127 cm³/mol. The van der Waals surface area contributed by atoms with Crippen molar-refractivity contribution in [2.45, 2.75) is 32.6 Å². The van der Waals surface area contributed by atoms with Gasteiger partial charge in [-0.1, -0.05) is 49.2 Å². The van der Waals surface area contributed by atoms with Crippen molar-refractivity contribution >= 4 is 33.2 Å². The summed E-state index contributed by atoms with van der Waals surface area (Å²) in [6.45, 7) is 8.07. The molecule has 0 atom stereocenters. The Labute approximate surface area is 177 Å². The number of rotatable bonds is 9. The van der Waals surface area contributed by atoms with E-state index >= 15 is 0 Å². The Bertz CT molecular complexity index is 1170. The van der Waals surface area contributed by atoms with Crippen molar-refractivity contribution in [2.24, 2.45) is 5.73 Å². The van der Waals surface area contributed by atoms with Crippen molar-refractivity contribution < 1.29 is 0 Å². The van der Waals surface area contributed by atoms with Crippen LogP contribution >= 0.6 is 0 Å². The van der Waals surface area contributed by atoms with E-state index in [9.17, 15) is 0 Å². The lowest BCUT2D eigenvalue weighted by atomic mass is 10.1. The van der Waals surface area contributed by atoms with Gasteiger partial charge in [-0.25, -0.2) is 9.97 Å². The molecule has 2 aromatic heterocycles. The van der Waals surface area contributed by atoms with Crippen LogP contribution in [0, 0.1) is 6.92 Å². The third-order valence-electron chi connectivity index (χ3n) is 5.46. The van der Waals surface area contributed by atoms with Crippen LogP contribution in [0.3, 0.4) is 0 Å². The van der Waals surface area contributed by atoms with Gasteiger partial charge in [0.15, 0.2) is 5.82 Å². The third-order valence-corrected chi connectivity index (χ3v) is 5.46. The van der Waals surface area contributed by atoms with Gasteiger partial charge in [0.05, 0.1) is 5.52 Å². The Hall–Kier alpha value is -3.18. The Morgan fingerprint density at radius 1 is 1.03 bits per heavy atom. The summed E-state index contributed by atoms with van der Waals surface area (Å²) in [5.74, 6) is 1.53. The monoisotopic (exact) mass is 399 g/mol. The number of nitrogens with two attached hydrogens (primary N) is 1. The zero-order valence-electron chi connectivity index (χ0n) is 17.5. The molecule has 2 aromatic carbocycles. The summed E-state index contributed by atoms with van der Waals surface area (Å²) in [7, 11) is 0. The second-order valence-corrected chi connectivity index (χ2v) is 7.77. The average molecular weight is 400 g/mol. The summed E-state index contributed by atoms with van der Waals surface area (Å²) in [5, 5.41) is 5.72. The molecule has 2 heterocycles. The number of para-hydroxylation sites is 1. The van der Waals surface area contributed by atoms with E-state index in [0.717, 1.165) is 64.7 Å². The van der Waals surface area contributed by atoms with Crippen molar-refractivity contribution in [1.29, 1.82) is 0 Å². The van der Waals surface area contributed by atoms with Gasteiger partial charge < -0.3 is 16.0 Å². The number of hydrogen-bond donors (Lipinski definition) is 3. The van der Waals surface area contributed by atoms with Crippen LogP contribution in [-0.4, -0.2) is 28.0 Å². The highest BCUT2D eigenvalue weighted by molar-refractivity contribution is 5.97. The first-order chi connectivity index (χ1) is 14.7. The molecule has 0 unspecified atom stereocenters. The average Bonchev–Trinajstić information content (AvgIpc) is 3.19. The molecular weight excluding hydrogens is 370 g/mol. The lowest BCUT2D eigenvalue weighted by molar-refractivity contribution is 0.661. The quantitative estimate of drug-likeness (QED) is 0.329. The number of aromatic amines is 1. The summed E-state index contributed by atoms with van der Waals surface area (Å²) >= 11 is 0. The molecule has 30 heavy (non-hydrogen) atoms. The number of nitrogens with one attached hydrogen (secondary N) is 2. The molecule has 4 aromatic rings. The van der Waals surface area contributed by atoms with Crippen molar-refractivity contribution in [3.8, 4) is 0 Å². The SMILES string of the molecule is C=C(c1nc(NCCCCCCN)c2cc(C)ccc2n1)c1c[nH]c2ccccc12. The summed E-state index contributed by atoms with van der Waals surface area (Å²) in [5.41, 5.74) is 10.6. The Morgan fingerprint density at radius 2 is 1.87 bits per heavy atom. The molecule has 154 valence electrons. The number of fused-ring (bicyclic) bond motifs is 2. The van der Waals surface area contributed by atoms with Crippen LogP contribution in [0.2, 0.25) is 0 Å². The van der Waals surface area contributed by atoms with E-state index in [2.05, 4.69) is 54.1 Å². The summed E-state index contributed by atoms with van der Waals surface area (Å²) in [6.07, 6.45) is 6.51. The molecule has 4 N–H and O–H groups in total. The van der Waals surface area contributed by atoms with Crippen LogP contribution in [0.5, 0.6) is 0 Å². The van der Waals surface area contributed by atoms with Crippen molar-refractivity contribution in [2.75, 3.05) is 18.4 Å². The molecular formula is C25H29N5. The van der Waals surface area contributed by atoms with Crippen LogP contribution in [0.15, 0.2) is 55.2 Å². The van der Waals surface area contributed by atoms with Crippen LogP contribution in [-0.2, 0) is 0 Å². The second kappa shape index (κ2) is 9.09. The predicted octanol–water partition coefficient (Wildman–Crippen LogP) is 5.41. The van der Waals surface area contributed by atoms with E-state index < -0.39 is 0 Å². The Morgan fingerprint density at radius 3 is 2.73 bits per heavy atom. The fraction of sp³-hybridized carbons (Fsp3) is 0.280. The standard InChI is InChI=1S/C25H29N5/c1-17-11-12-23-20(15-17)25(27-14-8-4-3-7-13-26)30-24(29-23)18(2)21-16-28-22-10-6-5-9-19(21)22/h5-6,9-12,15-16,28H,2-4,7-8,13-14,26H2,1H3,(H,27,29,30). The van der Waals surface area contributed by atoms with Gasteiger partial charge in [-0.05, 0) is 44.5 Å². The number of unbranched alkanes of at least 4 members (excludes halogenated alkanes) is 3. The van der Waals surface area contributed by atoms with E-state index in [1.807, 2.05) is 18.3 Å². The highest BCUT2D eigenvalue weighted by Gasteiger charge is 2.14. The molecule has 0 aliphatic rings. The third kappa shape index (κ3) is 4.21. The molecule has 0 bridgehead atoms. The van der Waals surface area contributed by atoms with E-state index in [4.69, 9.17) is 15.7 Å². The second-order valence-electron chi connectivity index (χ2n) is 7.77. The topological polar surface area (TPSA) is 79.6 Å². The maximum Gasteiger partial charge on any atom is 0.162 e. The number of anilines is 1. The van der Waals surface area contributed by atoms with Crippen LogP contribution in [0.25, 0.3) is 27.4 Å². The summed E-state index contributed by atoms with van der Waals surface area (Å²) in [4.78, 5) is 13.0. The van der Waals surface area contributed by atoms with E-state index in [-0.39, 0.29) is 0 Å². The van der Waals surface area contributed by atoms with Crippen LogP contribution in [0.4, 0.5) is 5.82 Å². The zero-order chi connectivity index (χ0) is 20.9. The van der Waals surface area contributed by atoms with E-state index in [1.165, 1.54) is 18.4 Å². The molecule has 4 rings (SSSR count). The molecule has 0 saturated carbocycles. The highest BCUT2D eigenvalue weighted by Crippen LogP contribution is 2.30. The number of hydrogen-bond acceptors (Lipinski definition) is 4. The lowest BCUT2D eigenvalue weighted by Gasteiger charge is -2.12. The molecule has 0 saturated heterocycles. The fourth-order valence-corrected chi connectivity index (χ4v) is 3.78. The van der Waals surface area contributed by atoms with Crippen LogP contribution in [0.1, 0.15) is 42.6 Å². The van der Waals surface area contributed by atoms with Gasteiger partial charge in [0.25, 0.3) is 0 Å². The number of H-pyrrole nitrogens is 1. The molecule has 5 nitrogen and oxygen atoms in total. The van der Waals surface area contributed by atoms with Crippen molar-refractivity contribution in [1.82, 2.24) is 15.0 Å². The molecule has 0 fully saturated rings. The van der Waals surface area contributed by atoms with Crippen molar-refractivity contribution in [3.63, 3.8) is 0 Å². The van der Waals surface area contributed by atoms with Gasteiger partial charge in [-0.3, -0.25) is 0 Å². The largest absolute Gasteiger partial charge is 0.369 e. The van der Waals surface area contributed by atoms with Gasteiger partial charge in [0.2, 0.25) is 0 Å². The van der Waals surface area contributed by atoms with Gasteiger partial charge in [0, 0.05) is 40.2 Å². The number of aromatic nitrogens is 3. The fourth-order valence-electron chi connectivity index (χ4n) is 3.78. The molecule has 0 aliphatic carbocycles. The first-order valence-electron chi connectivity index (χ1n) is 10.7. The minimum atomic E-state index is 0.654. The lowest BCUT2D eigenvalue weighted by Crippen LogP contribution is -2.07. The first-order valence-corrected chi connectivity index (χ1v) is 10.7. The minimum absolute atomic E-state index is 0.654. The Kier molecular flexibility index (Phi) is 6.10. The minimum Gasteiger partial charge on any atom is -0.369 e. The van der Waals surface area contributed by atoms with Gasteiger partial charge in [-0.15, -0.1) is 0 Å². The molecule has 0 radical (unpaired) electrons. The number of aryl methyl sites for hydroxylation is 1. The molecule has 0 aliphatic heterocycles. The number of nitrogens with zero attached hydrogens (tertiary/aromatic N) is 2. The maximum absolute atomic E-state index is 5.59. The van der Waals surface area contributed by atoms with Gasteiger partial charge >= 0.3 is 0 Å². The summed E-state index contributed by atoms with van der Waals surface area (Å²) < 4.78 is 0. The van der Waals surface area contributed by atoms with Crippen LogP contribution < -0.4 is 11.1 Å². The van der Waals surface area contributed by atoms with Crippen molar-refractivity contribution in [3.05, 3.63) is 72.2 Å². The normalized spacial score (nSPS) is 11.3. The van der Waals surface area contributed by atoms with E-state index in [0.29, 0.717) is 5.82 Å². The molecule has 0 amide bonds. The van der Waals surface area contributed by atoms with Gasteiger partial charge in [0.1, 0.15) is 5.82 Å². The molecule has 0 spiro atoms.